The molecule has 2 aromatic carbocycles. The Kier molecular flexibility index (Phi) is 4.11. The first-order valence-corrected chi connectivity index (χ1v) is 7.54. The SMILES string of the molecule is Cc1ccccc1CN1CCN(c2ccccc2O)CC1. The van der Waals surface area contributed by atoms with Crippen LogP contribution >= 0.6 is 0 Å². The fourth-order valence-electron chi connectivity index (χ4n) is 2.91. The highest BCUT2D eigenvalue weighted by atomic mass is 16.3. The van der Waals surface area contributed by atoms with E-state index in [4.69, 9.17) is 0 Å². The van der Waals surface area contributed by atoms with Crippen LogP contribution in [-0.2, 0) is 6.54 Å². The predicted octanol–water partition coefficient (Wildman–Crippen LogP) is 3.02. The number of phenolic OH excluding ortho intramolecular Hbond substituents is 1. The van der Waals surface area contributed by atoms with E-state index >= 15 is 0 Å². The average Bonchev–Trinajstić information content (AvgIpc) is 2.51. The highest BCUT2D eigenvalue weighted by Crippen LogP contribution is 2.27. The van der Waals surface area contributed by atoms with E-state index in [2.05, 4.69) is 41.0 Å². The number of para-hydroxylation sites is 2. The lowest BCUT2D eigenvalue weighted by Gasteiger charge is -2.36. The smallest absolute Gasteiger partial charge is 0.138 e. The van der Waals surface area contributed by atoms with E-state index in [0.29, 0.717) is 5.75 Å². The van der Waals surface area contributed by atoms with E-state index in [1.807, 2.05) is 18.2 Å². The van der Waals surface area contributed by atoms with Gasteiger partial charge in [-0.25, -0.2) is 0 Å². The van der Waals surface area contributed by atoms with E-state index in [1.54, 1.807) is 6.07 Å². The van der Waals surface area contributed by atoms with Crippen LogP contribution in [0.5, 0.6) is 5.75 Å². The minimum atomic E-state index is 0.379. The molecule has 1 aliphatic rings. The van der Waals surface area contributed by atoms with Gasteiger partial charge >= 0.3 is 0 Å². The molecule has 0 unspecified atom stereocenters. The van der Waals surface area contributed by atoms with Gasteiger partial charge in [-0.2, -0.15) is 0 Å². The van der Waals surface area contributed by atoms with Crippen molar-refractivity contribution in [3.8, 4) is 5.75 Å². The summed E-state index contributed by atoms with van der Waals surface area (Å²) in [4.78, 5) is 4.75. The number of phenols is 1. The molecule has 1 aliphatic heterocycles. The third kappa shape index (κ3) is 3.19. The maximum Gasteiger partial charge on any atom is 0.138 e. The molecule has 3 rings (SSSR count). The van der Waals surface area contributed by atoms with Gasteiger partial charge in [0, 0.05) is 32.7 Å². The molecule has 0 bridgehead atoms. The first-order valence-electron chi connectivity index (χ1n) is 7.54. The van der Waals surface area contributed by atoms with Crippen molar-refractivity contribution in [1.29, 1.82) is 0 Å². The van der Waals surface area contributed by atoms with Crippen molar-refractivity contribution < 1.29 is 5.11 Å². The van der Waals surface area contributed by atoms with Crippen molar-refractivity contribution >= 4 is 5.69 Å². The van der Waals surface area contributed by atoms with E-state index in [0.717, 1.165) is 38.4 Å². The number of nitrogens with zero attached hydrogens (tertiary/aromatic N) is 2. The molecule has 0 radical (unpaired) electrons. The van der Waals surface area contributed by atoms with Gasteiger partial charge in [0.05, 0.1) is 5.69 Å². The van der Waals surface area contributed by atoms with Crippen LogP contribution in [0.1, 0.15) is 11.1 Å². The normalized spacial score (nSPS) is 16.1. The van der Waals surface area contributed by atoms with Crippen LogP contribution in [0.2, 0.25) is 0 Å². The molecule has 3 heteroatoms. The third-order valence-electron chi connectivity index (χ3n) is 4.25. The van der Waals surface area contributed by atoms with Gasteiger partial charge in [0.25, 0.3) is 0 Å². The van der Waals surface area contributed by atoms with Crippen LogP contribution in [0.3, 0.4) is 0 Å². The molecule has 0 amide bonds. The molecule has 1 saturated heterocycles. The number of anilines is 1. The summed E-state index contributed by atoms with van der Waals surface area (Å²) in [5.41, 5.74) is 3.72. The summed E-state index contributed by atoms with van der Waals surface area (Å²) in [6, 6.07) is 16.2. The summed E-state index contributed by atoms with van der Waals surface area (Å²) in [6.07, 6.45) is 0. The number of aryl methyl sites for hydroxylation is 1. The monoisotopic (exact) mass is 282 g/mol. The topological polar surface area (TPSA) is 26.7 Å². The van der Waals surface area contributed by atoms with Crippen molar-refractivity contribution in [2.24, 2.45) is 0 Å². The van der Waals surface area contributed by atoms with Gasteiger partial charge in [-0.05, 0) is 30.2 Å². The first-order chi connectivity index (χ1) is 10.2. The van der Waals surface area contributed by atoms with Crippen LogP contribution in [-0.4, -0.2) is 36.2 Å². The quantitative estimate of drug-likeness (QED) is 0.937. The Morgan fingerprint density at radius 1 is 0.905 bits per heavy atom. The number of aromatic hydroxyl groups is 1. The van der Waals surface area contributed by atoms with E-state index in [1.165, 1.54) is 11.1 Å². The maximum absolute atomic E-state index is 9.94. The molecule has 3 nitrogen and oxygen atoms in total. The fraction of sp³-hybridized carbons (Fsp3) is 0.333. The van der Waals surface area contributed by atoms with Gasteiger partial charge in [-0.3, -0.25) is 4.90 Å². The number of rotatable bonds is 3. The van der Waals surface area contributed by atoms with Gasteiger partial charge in [0.1, 0.15) is 5.75 Å². The van der Waals surface area contributed by atoms with Crippen molar-refractivity contribution in [2.75, 3.05) is 31.1 Å². The molecule has 0 atom stereocenters. The number of hydrogen-bond acceptors (Lipinski definition) is 3. The molecule has 2 aromatic rings. The zero-order chi connectivity index (χ0) is 14.7. The van der Waals surface area contributed by atoms with E-state index in [-0.39, 0.29) is 0 Å². The lowest BCUT2D eigenvalue weighted by molar-refractivity contribution is 0.249. The second-order valence-corrected chi connectivity index (χ2v) is 5.68. The Bertz CT molecular complexity index is 604. The van der Waals surface area contributed by atoms with Crippen LogP contribution in [0.15, 0.2) is 48.5 Å². The fourth-order valence-corrected chi connectivity index (χ4v) is 2.91. The molecule has 21 heavy (non-hydrogen) atoms. The zero-order valence-corrected chi connectivity index (χ0v) is 12.5. The Balaban J connectivity index is 1.61. The number of hydrogen-bond donors (Lipinski definition) is 1. The van der Waals surface area contributed by atoms with Gasteiger partial charge in [-0.15, -0.1) is 0 Å². The maximum atomic E-state index is 9.94. The van der Waals surface area contributed by atoms with Crippen molar-refractivity contribution in [3.63, 3.8) is 0 Å². The Morgan fingerprint density at radius 3 is 2.29 bits per heavy atom. The lowest BCUT2D eigenvalue weighted by atomic mass is 10.1. The van der Waals surface area contributed by atoms with Crippen molar-refractivity contribution in [2.45, 2.75) is 13.5 Å². The number of benzene rings is 2. The Hall–Kier alpha value is -2.00. The minimum absolute atomic E-state index is 0.379. The molecule has 1 fully saturated rings. The molecule has 1 heterocycles. The second-order valence-electron chi connectivity index (χ2n) is 5.68. The molecular formula is C18H22N2O. The van der Waals surface area contributed by atoms with Crippen LogP contribution in [0.4, 0.5) is 5.69 Å². The van der Waals surface area contributed by atoms with Crippen molar-refractivity contribution in [1.82, 2.24) is 4.90 Å². The van der Waals surface area contributed by atoms with Crippen LogP contribution < -0.4 is 4.90 Å². The summed E-state index contributed by atoms with van der Waals surface area (Å²) < 4.78 is 0. The Morgan fingerprint density at radius 2 is 1.57 bits per heavy atom. The minimum Gasteiger partial charge on any atom is -0.506 e. The summed E-state index contributed by atoms with van der Waals surface area (Å²) in [5.74, 6) is 0.379. The average molecular weight is 282 g/mol. The first kappa shape index (κ1) is 14.0. The molecule has 1 N–H and O–H groups in total. The van der Waals surface area contributed by atoms with E-state index in [9.17, 15) is 5.11 Å². The molecule has 0 spiro atoms. The third-order valence-corrected chi connectivity index (χ3v) is 4.25. The lowest BCUT2D eigenvalue weighted by Crippen LogP contribution is -2.46. The molecule has 110 valence electrons. The van der Waals surface area contributed by atoms with Gasteiger partial charge < -0.3 is 10.0 Å². The van der Waals surface area contributed by atoms with Gasteiger partial charge in [0.2, 0.25) is 0 Å². The summed E-state index contributed by atoms with van der Waals surface area (Å²) in [6.45, 7) is 7.17. The molecular weight excluding hydrogens is 260 g/mol. The summed E-state index contributed by atoms with van der Waals surface area (Å²) >= 11 is 0. The van der Waals surface area contributed by atoms with E-state index < -0.39 is 0 Å². The molecule has 0 aliphatic carbocycles. The van der Waals surface area contributed by atoms with Gasteiger partial charge in [0.15, 0.2) is 0 Å². The second kappa shape index (κ2) is 6.19. The van der Waals surface area contributed by atoms with Crippen molar-refractivity contribution in [3.05, 3.63) is 59.7 Å². The van der Waals surface area contributed by atoms with Crippen LogP contribution in [0, 0.1) is 6.92 Å². The molecule has 0 saturated carbocycles. The summed E-state index contributed by atoms with van der Waals surface area (Å²) in [7, 11) is 0. The zero-order valence-electron chi connectivity index (χ0n) is 12.5. The highest BCUT2D eigenvalue weighted by Gasteiger charge is 2.19. The standard InChI is InChI=1S/C18H22N2O/c1-15-6-2-3-7-16(15)14-19-10-12-20(13-11-19)17-8-4-5-9-18(17)21/h2-9,21H,10-14H2,1H3. The predicted molar refractivity (Wildman–Crippen MR) is 86.8 cm³/mol. The molecule has 0 aromatic heterocycles. The Labute approximate surface area is 126 Å². The number of piperazine rings is 1. The summed E-state index contributed by atoms with van der Waals surface area (Å²) in [5, 5.41) is 9.94. The van der Waals surface area contributed by atoms with Crippen LogP contribution in [0.25, 0.3) is 0 Å². The van der Waals surface area contributed by atoms with Gasteiger partial charge in [-0.1, -0.05) is 36.4 Å². The largest absolute Gasteiger partial charge is 0.506 e. The highest BCUT2D eigenvalue weighted by molar-refractivity contribution is 5.57.